The second-order valence-corrected chi connectivity index (χ2v) is 20.0. The van der Waals surface area contributed by atoms with Gasteiger partial charge in [-0.05, 0) is 173 Å². The molecule has 75 heavy (non-hydrogen) atoms. The summed E-state index contributed by atoms with van der Waals surface area (Å²) in [7, 11) is 0. The maximum Gasteiger partial charge on any atom is 0.0754 e. The number of benzene rings is 13. The number of hydrogen-bond donors (Lipinski definition) is 0. The molecule has 0 aromatic heterocycles. The van der Waals surface area contributed by atoms with Crippen LogP contribution in [-0.4, -0.2) is 0 Å². The van der Waals surface area contributed by atoms with Gasteiger partial charge in [-0.2, -0.15) is 0 Å². The van der Waals surface area contributed by atoms with Gasteiger partial charge in [0.15, 0.2) is 0 Å². The molecule has 0 atom stereocenters. The Kier molecular flexibility index (Phi) is 9.83. The summed E-state index contributed by atoms with van der Waals surface area (Å²) in [6.07, 6.45) is 0. The van der Waals surface area contributed by atoms with E-state index in [2.05, 4.69) is 301 Å². The topological polar surface area (TPSA) is 6.48 Å². The van der Waals surface area contributed by atoms with Crippen LogP contribution in [-0.2, 0) is 5.41 Å². The van der Waals surface area contributed by atoms with Crippen LogP contribution >= 0.6 is 0 Å². The zero-order valence-electron chi connectivity index (χ0n) is 41.1. The summed E-state index contributed by atoms with van der Waals surface area (Å²) in [5, 5.41) is 7.38. The lowest BCUT2D eigenvalue weighted by atomic mass is 9.64. The molecule has 0 N–H and O–H groups in total. The molecule has 1 spiro atoms. The van der Waals surface area contributed by atoms with E-state index in [4.69, 9.17) is 0 Å². The fourth-order valence-electron chi connectivity index (χ4n) is 12.5. The number of fused-ring (bicyclic) bond motifs is 12. The van der Waals surface area contributed by atoms with Gasteiger partial charge < -0.3 is 9.80 Å². The van der Waals surface area contributed by atoms with E-state index in [-0.39, 0.29) is 0 Å². The molecule has 2 heteroatoms. The summed E-state index contributed by atoms with van der Waals surface area (Å²) < 4.78 is 0. The molecular weight excluding hydrogens is 905 g/mol. The number of anilines is 6. The molecule has 1 aliphatic carbocycles. The summed E-state index contributed by atoms with van der Waals surface area (Å²) in [5.74, 6) is 0. The number of nitrogens with zero attached hydrogens (tertiary/aromatic N) is 2. The smallest absolute Gasteiger partial charge is 0.0754 e. The number of para-hydroxylation sites is 2. The first-order valence-electron chi connectivity index (χ1n) is 26.0. The summed E-state index contributed by atoms with van der Waals surface area (Å²) in [6.45, 7) is 0. The van der Waals surface area contributed by atoms with E-state index < -0.39 is 5.41 Å². The van der Waals surface area contributed by atoms with E-state index in [9.17, 15) is 0 Å². The van der Waals surface area contributed by atoms with Crippen molar-refractivity contribution in [1.82, 2.24) is 0 Å². The Morgan fingerprint density at radius 1 is 0.267 bits per heavy atom. The fraction of sp³-hybridized carbons (Fsp3) is 0.0137. The Morgan fingerprint density at radius 2 is 0.693 bits per heavy atom. The highest BCUT2D eigenvalue weighted by atomic mass is 15.2. The lowest BCUT2D eigenvalue weighted by Crippen LogP contribution is -2.36. The molecule has 2 aliphatic rings. The fourth-order valence-corrected chi connectivity index (χ4v) is 12.5. The second-order valence-electron chi connectivity index (χ2n) is 20.0. The van der Waals surface area contributed by atoms with Gasteiger partial charge in [-0.25, -0.2) is 0 Å². The maximum atomic E-state index is 2.50. The predicted molar refractivity (Wildman–Crippen MR) is 315 cm³/mol. The third-order valence-electron chi connectivity index (χ3n) is 16.0. The van der Waals surface area contributed by atoms with Gasteiger partial charge in [0.25, 0.3) is 0 Å². The van der Waals surface area contributed by atoms with E-state index in [1.807, 2.05) is 0 Å². The molecule has 0 saturated heterocycles. The maximum absolute atomic E-state index is 2.50. The molecule has 0 bridgehead atoms. The van der Waals surface area contributed by atoms with Gasteiger partial charge in [0.1, 0.15) is 0 Å². The lowest BCUT2D eigenvalue weighted by Gasteiger charge is -2.45. The van der Waals surface area contributed by atoms with Crippen molar-refractivity contribution in [3.8, 4) is 44.5 Å². The molecule has 13 aromatic carbocycles. The highest BCUT2D eigenvalue weighted by molar-refractivity contribution is 6.01. The molecule has 0 amide bonds. The van der Waals surface area contributed by atoms with Crippen LogP contribution in [0.5, 0.6) is 0 Å². The molecule has 1 aliphatic heterocycles. The Labute approximate surface area is 437 Å². The molecule has 0 saturated carbocycles. The Balaban J connectivity index is 0.911. The van der Waals surface area contributed by atoms with Crippen molar-refractivity contribution >= 4 is 66.4 Å². The zero-order chi connectivity index (χ0) is 49.5. The lowest BCUT2D eigenvalue weighted by molar-refractivity contribution is 0.753. The summed E-state index contributed by atoms with van der Waals surface area (Å²) in [5.41, 5.74) is 21.0. The van der Waals surface area contributed by atoms with Crippen molar-refractivity contribution in [1.29, 1.82) is 0 Å². The average Bonchev–Trinajstić information content (AvgIpc) is 3.78. The first kappa shape index (κ1) is 42.9. The van der Waals surface area contributed by atoms with E-state index in [1.165, 1.54) is 99.1 Å². The zero-order valence-corrected chi connectivity index (χ0v) is 41.1. The average molecular weight is 953 g/mol. The number of hydrogen-bond acceptors (Lipinski definition) is 2. The first-order valence-corrected chi connectivity index (χ1v) is 26.0. The molecule has 0 unspecified atom stereocenters. The Hall–Kier alpha value is -9.76. The van der Waals surface area contributed by atoms with Crippen molar-refractivity contribution < 1.29 is 0 Å². The molecular formula is C73H48N2. The van der Waals surface area contributed by atoms with Gasteiger partial charge in [-0.3, -0.25) is 0 Å². The van der Waals surface area contributed by atoms with Crippen LogP contribution in [0.3, 0.4) is 0 Å². The molecule has 15 rings (SSSR count). The minimum absolute atomic E-state index is 0.634. The van der Waals surface area contributed by atoms with Crippen LogP contribution in [0.2, 0.25) is 0 Å². The SMILES string of the molecule is c1ccc(-c2ccc(N(c3ccc(N4c5ccccc5C5(c6cc(-c7ccc8ccccc8c7)ccc6-c6ccc(-c7ccc8ccccc8c7)cc65)c5ccccc54)cc3)c3cccc4ccccc34)cc2)cc1. The molecule has 2 nitrogen and oxygen atoms in total. The Morgan fingerprint density at radius 3 is 1.28 bits per heavy atom. The second kappa shape index (κ2) is 17.2. The molecule has 350 valence electrons. The standard InChI is InChI=1S/C73H48N2/c1-2-15-49(16-3-1)52-33-37-60(38-34-52)74(70-28-14-22-53-19-8-9-23-63(53)70)61-39-41-62(42-40-61)75-71-26-12-10-24-66(71)73(67-25-11-13-27-72(67)75)68-47-58(56-31-29-50-17-4-6-20-54(50)45-56)35-43-64(68)65-44-36-59(48-69(65)73)57-32-30-51-18-5-7-21-55(51)46-57/h1-48H. The van der Waals surface area contributed by atoms with Gasteiger partial charge in [0.2, 0.25) is 0 Å². The monoisotopic (exact) mass is 952 g/mol. The normalized spacial score (nSPS) is 12.9. The van der Waals surface area contributed by atoms with Crippen LogP contribution in [0.4, 0.5) is 34.1 Å². The molecule has 1 heterocycles. The van der Waals surface area contributed by atoms with Gasteiger partial charge in [0.05, 0.1) is 22.5 Å². The van der Waals surface area contributed by atoms with E-state index in [0.29, 0.717) is 0 Å². The van der Waals surface area contributed by atoms with Gasteiger partial charge in [0, 0.05) is 22.4 Å². The highest BCUT2D eigenvalue weighted by Gasteiger charge is 2.52. The summed E-state index contributed by atoms with van der Waals surface area (Å²) >= 11 is 0. The summed E-state index contributed by atoms with van der Waals surface area (Å²) in [4.78, 5) is 4.90. The molecule has 0 radical (unpaired) electrons. The van der Waals surface area contributed by atoms with Crippen LogP contribution < -0.4 is 9.80 Å². The molecule has 0 fully saturated rings. The van der Waals surface area contributed by atoms with Gasteiger partial charge in [-0.15, -0.1) is 0 Å². The van der Waals surface area contributed by atoms with Crippen LogP contribution in [0.25, 0.3) is 76.8 Å². The number of rotatable bonds is 7. The quantitative estimate of drug-likeness (QED) is 0.157. The van der Waals surface area contributed by atoms with Crippen molar-refractivity contribution in [2.24, 2.45) is 0 Å². The van der Waals surface area contributed by atoms with Crippen molar-refractivity contribution in [2.45, 2.75) is 5.41 Å². The first-order chi connectivity index (χ1) is 37.2. The minimum Gasteiger partial charge on any atom is -0.310 e. The predicted octanol–water partition coefficient (Wildman–Crippen LogP) is 19.8. The largest absolute Gasteiger partial charge is 0.310 e. The van der Waals surface area contributed by atoms with Crippen LogP contribution in [0.1, 0.15) is 22.3 Å². The summed E-state index contributed by atoms with van der Waals surface area (Å²) in [6, 6.07) is 108. The van der Waals surface area contributed by atoms with Gasteiger partial charge >= 0.3 is 0 Å². The van der Waals surface area contributed by atoms with Crippen molar-refractivity contribution in [3.63, 3.8) is 0 Å². The third-order valence-corrected chi connectivity index (χ3v) is 16.0. The highest BCUT2D eigenvalue weighted by Crippen LogP contribution is 2.64. The molecule has 13 aromatic rings. The third kappa shape index (κ3) is 6.80. The van der Waals surface area contributed by atoms with E-state index in [1.54, 1.807) is 0 Å². The van der Waals surface area contributed by atoms with Crippen molar-refractivity contribution in [2.75, 3.05) is 9.80 Å². The minimum atomic E-state index is -0.634. The van der Waals surface area contributed by atoms with Gasteiger partial charge in [-0.1, -0.05) is 212 Å². The van der Waals surface area contributed by atoms with Crippen LogP contribution in [0, 0.1) is 0 Å². The Bertz CT molecular complexity index is 4180. The van der Waals surface area contributed by atoms with Crippen molar-refractivity contribution in [3.05, 3.63) is 313 Å². The van der Waals surface area contributed by atoms with E-state index in [0.717, 1.165) is 34.1 Å². The van der Waals surface area contributed by atoms with E-state index >= 15 is 0 Å². The van der Waals surface area contributed by atoms with Crippen LogP contribution in [0.15, 0.2) is 291 Å².